The summed E-state index contributed by atoms with van der Waals surface area (Å²) in [6, 6.07) is 16.2. The molecule has 4 aromatic rings. The number of hydrazone groups is 3. The van der Waals surface area contributed by atoms with Gasteiger partial charge in [0, 0.05) is 41.4 Å². The van der Waals surface area contributed by atoms with Crippen LogP contribution in [-0.2, 0) is 39.9 Å². The predicted molar refractivity (Wildman–Crippen MR) is 241 cm³/mol. The number of nitrogens with zero attached hydrogens (tertiary/aromatic N) is 4. The number of allylic oxidation sites excluding steroid dienone is 7. The molecule has 0 bridgehead atoms. The van der Waals surface area contributed by atoms with Gasteiger partial charge in [-0.2, -0.15) is 15.3 Å². The molecule has 0 aromatic heterocycles. The zero-order chi connectivity index (χ0) is 49.1. The van der Waals surface area contributed by atoms with Crippen molar-refractivity contribution < 1.29 is 152 Å². The second-order valence-electron chi connectivity index (χ2n) is 14.0. The number of Topliss-reactive ketones (excluding diaryl/α,β-unsaturated/α-hetero) is 1. The van der Waals surface area contributed by atoms with E-state index in [1.807, 2.05) is 0 Å². The molecular weight excluding hydrogens is 1020 g/mol. The van der Waals surface area contributed by atoms with E-state index < -0.39 is 95.5 Å². The number of hydrogen-bond acceptors (Lipinski definition) is 23. The topological polar surface area (TPSA) is 372 Å². The number of hydrogen-bond donors (Lipinski definition) is 5. The third-order valence-electron chi connectivity index (χ3n) is 9.47. The Morgan fingerprint density at radius 3 is 1.62 bits per heavy atom. The van der Waals surface area contributed by atoms with Gasteiger partial charge in [0.1, 0.15) is 53.2 Å². The van der Waals surface area contributed by atoms with Crippen molar-refractivity contribution in [2.24, 2.45) is 15.3 Å². The number of non-ortho nitro benzene ring substituents is 1. The molecule has 5 N–H and O–H groups in total. The molecule has 3 aliphatic carbocycles. The normalized spacial score (nSPS) is 16.0. The number of benzene rings is 4. The molecule has 0 atom stereocenters. The zero-order valence-corrected chi connectivity index (χ0v) is 45.6. The maximum absolute atomic E-state index is 13.9. The number of nitro groups is 1. The standard InChI is InChI=1S/C41H31N9O15S3.3Na/c1-65-29-11-6-25(7-12-29)45-49-40-38(68(62,63)64)17-22-16-30(66(56,57)58)21-34(39(22)41(40)53)48-47-32-14-9-27(19-36(32)52)42-26-8-13-31(35(51)18-26)46-44-24-4-2-23(3-5-24)43-33-15-10-28(50(54)55)20-37(33)67(59,60)61;;;/h2-21,42-45,48H,1H3,(H,56,57,58)(H,59,60,61)(H,62,63,64);;;/q;3*+1/p-3. The van der Waals surface area contributed by atoms with Crippen LogP contribution in [0.3, 0.4) is 0 Å². The third kappa shape index (κ3) is 14.4. The van der Waals surface area contributed by atoms with Crippen LogP contribution >= 0.6 is 0 Å². The van der Waals surface area contributed by atoms with Gasteiger partial charge in [0.25, 0.3) is 5.69 Å². The fraction of sp³-hybridized carbons (Fsp3) is 0.0244. The molecule has 0 amide bonds. The minimum absolute atomic E-state index is 0. The zero-order valence-electron chi connectivity index (χ0n) is 37.2. The van der Waals surface area contributed by atoms with Gasteiger partial charge >= 0.3 is 88.7 Å². The molecule has 0 aliphatic heterocycles. The first-order chi connectivity index (χ1) is 32.1. The van der Waals surface area contributed by atoms with Gasteiger partial charge in [-0.1, -0.05) is 0 Å². The Hall–Kier alpha value is -5.47. The van der Waals surface area contributed by atoms with Gasteiger partial charge in [0.15, 0.2) is 0 Å². The average molecular weight is 1050 g/mol. The molecule has 4 aromatic carbocycles. The number of rotatable bonds is 15. The van der Waals surface area contributed by atoms with E-state index in [1.54, 1.807) is 0 Å². The Morgan fingerprint density at radius 2 is 1.11 bits per heavy atom. The van der Waals surface area contributed by atoms with Crippen LogP contribution in [0.5, 0.6) is 5.75 Å². The van der Waals surface area contributed by atoms with Crippen molar-refractivity contribution in [1.29, 1.82) is 0 Å². The molecule has 7 rings (SSSR count). The molecule has 24 nitrogen and oxygen atoms in total. The SMILES string of the molecule is COc1ccc(NN=C2C(=O)c3c(cc(S(=O)(=O)[O-])cc3NN=C3C=CC(NC4=CC(=O)C(=NNc5ccc(Nc6ccc([N+](=O)[O-])cc6S(=O)(=O)[O-])cc5)C=C4)=CC3=O)C=C2S(=O)(=O)[O-])cc1.[Na+].[Na+].[Na+]. The van der Waals surface area contributed by atoms with Crippen molar-refractivity contribution in [2.45, 2.75) is 9.79 Å². The number of ether oxygens (including phenoxy) is 1. The third-order valence-corrected chi connectivity index (χ3v) is 12.0. The summed E-state index contributed by atoms with van der Waals surface area (Å²) in [5.74, 6) is -2.01. The minimum atomic E-state index is -5.42. The molecule has 3 aliphatic rings. The first-order valence-corrected chi connectivity index (χ1v) is 23.1. The average Bonchev–Trinajstić information content (AvgIpc) is 3.27. The maximum atomic E-state index is 13.9. The quantitative estimate of drug-likeness (QED) is 0.0244. The van der Waals surface area contributed by atoms with Crippen LogP contribution in [0.2, 0.25) is 0 Å². The van der Waals surface area contributed by atoms with Gasteiger partial charge in [-0.15, -0.1) is 0 Å². The molecule has 30 heteroatoms. The number of fused-ring (bicyclic) bond motifs is 1. The summed E-state index contributed by atoms with van der Waals surface area (Å²) in [6.07, 6.45) is 8.40. The Morgan fingerprint density at radius 1 is 0.577 bits per heavy atom. The fourth-order valence-corrected chi connectivity index (χ4v) is 8.09. The van der Waals surface area contributed by atoms with E-state index in [4.69, 9.17) is 4.74 Å². The monoisotopic (exact) mass is 1050 g/mol. The van der Waals surface area contributed by atoms with E-state index in [0.29, 0.717) is 35.3 Å². The van der Waals surface area contributed by atoms with Crippen LogP contribution in [0.1, 0.15) is 15.9 Å². The van der Waals surface area contributed by atoms with Gasteiger partial charge in [0.05, 0.1) is 55.0 Å². The minimum Gasteiger partial charge on any atom is -0.744 e. The van der Waals surface area contributed by atoms with Crippen LogP contribution in [-0.4, -0.2) is 85.4 Å². The summed E-state index contributed by atoms with van der Waals surface area (Å²) in [6.45, 7) is 0. The van der Waals surface area contributed by atoms with E-state index in [9.17, 15) is 63.4 Å². The number of methoxy groups -OCH3 is 1. The van der Waals surface area contributed by atoms with Crippen molar-refractivity contribution in [3.05, 3.63) is 153 Å². The summed E-state index contributed by atoms with van der Waals surface area (Å²) in [5, 5.41) is 28.6. The molecular formula is C41H28N9Na3O15S3. The summed E-state index contributed by atoms with van der Waals surface area (Å²) in [5.41, 5.74) is 5.57. The van der Waals surface area contributed by atoms with E-state index in [0.717, 1.165) is 24.3 Å². The first-order valence-electron chi connectivity index (χ1n) is 18.9. The van der Waals surface area contributed by atoms with Gasteiger partial charge in [-0.3, -0.25) is 40.8 Å². The van der Waals surface area contributed by atoms with Crippen molar-refractivity contribution in [1.82, 2.24) is 5.32 Å². The second kappa shape index (κ2) is 23.8. The van der Waals surface area contributed by atoms with Crippen LogP contribution in [0.4, 0.5) is 34.1 Å². The molecule has 0 saturated carbocycles. The Labute approximate surface area is 469 Å². The van der Waals surface area contributed by atoms with Gasteiger partial charge < -0.3 is 29.0 Å². The smallest absolute Gasteiger partial charge is 0.744 e. The molecule has 348 valence electrons. The summed E-state index contributed by atoms with van der Waals surface area (Å²) < 4.78 is 113. The number of anilines is 5. The molecule has 0 spiro atoms. The Balaban J connectivity index is 0.00000365. The Kier molecular flexibility index (Phi) is 19.5. The molecule has 0 saturated heterocycles. The maximum Gasteiger partial charge on any atom is 1.00 e. The predicted octanol–water partition coefficient (Wildman–Crippen LogP) is -5.41. The van der Waals surface area contributed by atoms with Crippen molar-refractivity contribution >= 4 is 105 Å². The van der Waals surface area contributed by atoms with E-state index in [1.165, 1.54) is 86.0 Å². The molecule has 0 radical (unpaired) electrons. The second-order valence-corrected chi connectivity index (χ2v) is 18.1. The largest absolute Gasteiger partial charge is 1.00 e. The number of nitrogens with one attached hydrogen (secondary N) is 5. The first kappa shape index (κ1) is 58.1. The van der Waals surface area contributed by atoms with Crippen LogP contribution in [0.15, 0.2) is 157 Å². The molecule has 71 heavy (non-hydrogen) atoms. The Bertz CT molecular complexity index is 3470. The van der Waals surface area contributed by atoms with Crippen LogP contribution in [0, 0.1) is 10.1 Å². The molecule has 0 fully saturated rings. The summed E-state index contributed by atoms with van der Waals surface area (Å²) >= 11 is 0. The summed E-state index contributed by atoms with van der Waals surface area (Å²) in [7, 11) is -14.3. The van der Waals surface area contributed by atoms with Crippen molar-refractivity contribution in [3.8, 4) is 5.75 Å². The van der Waals surface area contributed by atoms with Crippen molar-refractivity contribution in [2.75, 3.05) is 28.7 Å². The van der Waals surface area contributed by atoms with Gasteiger partial charge in [-0.25, -0.2) is 25.3 Å². The fourth-order valence-electron chi connectivity index (χ4n) is 6.26. The van der Waals surface area contributed by atoms with Gasteiger partial charge in [0.2, 0.25) is 17.3 Å². The van der Waals surface area contributed by atoms with Crippen molar-refractivity contribution in [3.63, 3.8) is 0 Å². The van der Waals surface area contributed by atoms with Crippen LogP contribution < -0.4 is 120 Å². The number of nitro benzene ring substituents is 1. The number of carbonyl (C=O) groups is 3. The summed E-state index contributed by atoms with van der Waals surface area (Å²) in [4.78, 5) is 47.3. The number of ketones is 3. The van der Waals surface area contributed by atoms with E-state index >= 15 is 0 Å². The van der Waals surface area contributed by atoms with Crippen LogP contribution in [0.25, 0.3) is 6.08 Å². The van der Waals surface area contributed by atoms with E-state index in [-0.39, 0.29) is 123 Å². The van der Waals surface area contributed by atoms with E-state index in [2.05, 4.69) is 42.2 Å². The van der Waals surface area contributed by atoms with Gasteiger partial charge in [-0.05, 0) is 103 Å². The number of carbonyl (C=O) groups excluding carboxylic acids is 3. The molecule has 0 heterocycles. The molecule has 0 unspecified atom stereocenters.